The normalized spacial score (nSPS) is 10.2. The molecule has 6 nitrogen and oxygen atoms in total. The highest BCUT2D eigenvalue weighted by molar-refractivity contribution is 9.10. The molecule has 1 heterocycles. The summed E-state index contributed by atoms with van der Waals surface area (Å²) in [6.45, 7) is 2.01. The number of ether oxygens (including phenoxy) is 1. The van der Waals surface area contributed by atoms with Crippen molar-refractivity contribution in [3.63, 3.8) is 0 Å². The Morgan fingerprint density at radius 2 is 2.19 bits per heavy atom. The number of aromatic nitrogens is 1. The number of hydrogen-bond acceptors (Lipinski definition) is 5. The number of nitrogens with one attached hydrogen (secondary N) is 1. The molecule has 1 aromatic carbocycles. The lowest BCUT2D eigenvalue weighted by atomic mass is 10.2. The van der Waals surface area contributed by atoms with E-state index in [1.54, 1.807) is 32.3 Å². The van der Waals surface area contributed by atoms with Crippen LogP contribution < -0.4 is 10.1 Å². The van der Waals surface area contributed by atoms with E-state index in [1.807, 2.05) is 6.07 Å². The Hall–Kier alpha value is -2.15. The summed E-state index contributed by atoms with van der Waals surface area (Å²) >= 11 is 3.25. The summed E-state index contributed by atoms with van der Waals surface area (Å²) in [7, 11) is 1.77. The van der Waals surface area contributed by atoms with Gasteiger partial charge in [-0.15, -0.1) is 0 Å². The maximum Gasteiger partial charge on any atom is 0.312 e. The number of nitro groups is 1. The molecular weight excluding hydrogens is 338 g/mol. The Labute approximate surface area is 130 Å². The molecule has 0 aliphatic carbocycles. The van der Waals surface area contributed by atoms with E-state index in [0.717, 1.165) is 11.4 Å². The molecule has 0 unspecified atom stereocenters. The first-order chi connectivity index (χ1) is 10.0. The van der Waals surface area contributed by atoms with Crippen molar-refractivity contribution in [2.45, 2.75) is 13.5 Å². The largest absolute Gasteiger partial charge is 0.482 e. The highest BCUT2D eigenvalue weighted by atomic mass is 79.9. The average molecular weight is 352 g/mol. The molecule has 1 aromatic heterocycles. The van der Waals surface area contributed by atoms with Crippen LogP contribution in [0.3, 0.4) is 0 Å². The van der Waals surface area contributed by atoms with E-state index in [4.69, 9.17) is 4.74 Å². The number of halogens is 1. The zero-order chi connectivity index (χ0) is 15.4. The van der Waals surface area contributed by atoms with Crippen LogP contribution in [0.25, 0.3) is 0 Å². The molecule has 1 N–H and O–H groups in total. The predicted molar refractivity (Wildman–Crippen MR) is 83.6 cm³/mol. The lowest BCUT2D eigenvalue weighted by Gasteiger charge is -2.10. The first-order valence-electron chi connectivity index (χ1n) is 6.21. The maximum atomic E-state index is 11.1. The molecule has 0 atom stereocenters. The second kappa shape index (κ2) is 6.53. The van der Waals surface area contributed by atoms with Crippen LogP contribution in [0.2, 0.25) is 0 Å². The number of benzene rings is 1. The summed E-state index contributed by atoms with van der Waals surface area (Å²) in [4.78, 5) is 14.8. The second-order valence-electron chi connectivity index (χ2n) is 4.42. The molecule has 0 saturated heterocycles. The number of pyridine rings is 1. The van der Waals surface area contributed by atoms with Crippen molar-refractivity contribution < 1.29 is 9.66 Å². The smallest absolute Gasteiger partial charge is 0.312 e. The lowest BCUT2D eigenvalue weighted by molar-refractivity contribution is -0.386. The van der Waals surface area contributed by atoms with E-state index in [1.165, 1.54) is 6.07 Å². The van der Waals surface area contributed by atoms with Crippen molar-refractivity contribution in [2.75, 3.05) is 12.4 Å². The van der Waals surface area contributed by atoms with Gasteiger partial charge in [-0.2, -0.15) is 0 Å². The van der Waals surface area contributed by atoms with Crippen molar-refractivity contribution in [1.29, 1.82) is 0 Å². The molecule has 110 valence electrons. The van der Waals surface area contributed by atoms with Gasteiger partial charge in [-0.3, -0.25) is 10.1 Å². The fourth-order valence-corrected chi connectivity index (χ4v) is 2.45. The fraction of sp³-hybridized carbons (Fsp3) is 0.214. The molecule has 0 amide bonds. The van der Waals surface area contributed by atoms with Crippen molar-refractivity contribution >= 4 is 27.4 Å². The topological polar surface area (TPSA) is 77.3 Å². The first kappa shape index (κ1) is 15.2. The van der Waals surface area contributed by atoms with Gasteiger partial charge in [0.25, 0.3) is 0 Å². The third-order valence-electron chi connectivity index (χ3n) is 2.88. The standard InChI is InChI=1S/C14H14BrN3O3/c1-9-5-11(15)7-12(18(19)20)14(9)21-8-10-3-4-17-13(6-10)16-2/h3-7H,8H2,1-2H3,(H,16,17). The van der Waals surface area contributed by atoms with Crippen LogP contribution >= 0.6 is 15.9 Å². The molecule has 0 aliphatic heterocycles. The molecule has 0 saturated carbocycles. The van der Waals surface area contributed by atoms with Gasteiger partial charge in [0.15, 0.2) is 5.75 Å². The van der Waals surface area contributed by atoms with Crippen LogP contribution in [-0.2, 0) is 6.61 Å². The molecule has 0 radical (unpaired) electrons. The molecule has 0 fully saturated rings. The van der Waals surface area contributed by atoms with Gasteiger partial charge < -0.3 is 10.1 Å². The third kappa shape index (κ3) is 3.69. The monoisotopic (exact) mass is 351 g/mol. The highest BCUT2D eigenvalue weighted by Crippen LogP contribution is 2.34. The molecule has 2 rings (SSSR count). The zero-order valence-corrected chi connectivity index (χ0v) is 13.2. The van der Waals surface area contributed by atoms with Gasteiger partial charge in [-0.1, -0.05) is 15.9 Å². The van der Waals surface area contributed by atoms with Crippen molar-refractivity contribution in [3.8, 4) is 5.75 Å². The van der Waals surface area contributed by atoms with E-state index in [0.29, 0.717) is 10.0 Å². The molecule has 0 bridgehead atoms. The first-order valence-corrected chi connectivity index (χ1v) is 7.00. The average Bonchev–Trinajstić information content (AvgIpc) is 2.45. The Morgan fingerprint density at radius 3 is 2.86 bits per heavy atom. The summed E-state index contributed by atoms with van der Waals surface area (Å²) in [5.74, 6) is 1.00. The number of hydrogen-bond donors (Lipinski definition) is 1. The van der Waals surface area contributed by atoms with Crippen molar-refractivity contribution in [3.05, 3.63) is 56.2 Å². The Morgan fingerprint density at radius 1 is 1.43 bits per heavy atom. The maximum absolute atomic E-state index is 11.1. The molecule has 2 aromatic rings. The number of anilines is 1. The summed E-state index contributed by atoms with van der Waals surface area (Å²) in [6, 6.07) is 6.86. The van der Waals surface area contributed by atoms with Gasteiger partial charge in [-0.05, 0) is 36.2 Å². The van der Waals surface area contributed by atoms with E-state index in [-0.39, 0.29) is 18.0 Å². The van der Waals surface area contributed by atoms with Crippen LogP contribution in [0.15, 0.2) is 34.9 Å². The van der Waals surface area contributed by atoms with E-state index >= 15 is 0 Å². The van der Waals surface area contributed by atoms with Gasteiger partial charge in [0, 0.05) is 23.8 Å². The van der Waals surface area contributed by atoms with Crippen LogP contribution in [0, 0.1) is 17.0 Å². The fourth-order valence-electron chi connectivity index (χ4n) is 1.89. The van der Waals surface area contributed by atoms with Gasteiger partial charge in [0.05, 0.1) is 4.92 Å². The van der Waals surface area contributed by atoms with Crippen molar-refractivity contribution in [2.24, 2.45) is 0 Å². The second-order valence-corrected chi connectivity index (χ2v) is 5.33. The number of rotatable bonds is 5. The Kier molecular flexibility index (Phi) is 4.74. The number of nitro benzene ring substituents is 1. The molecule has 0 spiro atoms. The minimum Gasteiger partial charge on any atom is -0.482 e. The van der Waals surface area contributed by atoms with Crippen molar-refractivity contribution in [1.82, 2.24) is 4.98 Å². The lowest BCUT2D eigenvalue weighted by Crippen LogP contribution is -2.02. The molecular formula is C14H14BrN3O3. The van der Waals surface area contributed by atoms with E-state index < -0.39 is 4.92 Å². The van der Waals surface area contributed by atoms with Gasteiger partial charge >= 0.3 is 5.69 Å². The van der Waals surface area contributed by atoms with Gasteiger partial charge in [0.1, 0.15) is 12.4 Å². The minimum atomic E-state index is -0.446. The number of nitrogens with zero attached hydrogens (tertiary/aromatic N) is 2. The van der Waals surface area contributed by atoms with E-state index in [9.17, 15) is 10.1 Å². The van der Waals surface area contributed by atoms with Crippen LogP contribution in [0.5, 0.6) is 5.75 Å². The Balaban J connectivity index is 2.25. The molecule has 7 heteroatoms. The highest BCUT2D eigenvalue weighted by Gasteiger charge is 2.19. The summed E-state index contributed by atoms with van der Waals surface area (Å²) < 4.78 is 6.30. The Bertz CT molecular complexity index is 677. The van der Waals surface area contributed by atoms with Crippen LogP contribution in [-0.4, -0.2) is 17.0 Å². The SMILES string of the molecule is CNc1cc(COc2c(C)cc(Br)cc2[N+](=O)[O-])ccn1. The van der Waals surface area contributed by atoms with Crippen LogP contribution in [0.4, 0.5) is 11.5 Å². The molecule has 0 aliphatic rings. The van der Waals surface area contributed by atoms with Crippen LogP contribution in [0.1, 0.15) is 11.1 Å². The quantitative estimate of drug-likeness (QED) is 0.656. The summed E-state index contributed by atoms with van der Waals surface area (Å²) in [6.07, 6.45) is 1.66. The summed E-state index contributed by atoms with van der Waals surface area (Å²) in [5, 5.41) is 14.1. The minimum absolute atomic E-state index is 0.0511. The predicted octanol–water partition coefficient (Wildman–Crippen LogP) is 3.68. The van der Waals surface area contributed by atoms with Gasteiger partial charge in [-0.25, -0.2) is 4.98 Å². The number of aryl methyl sites for hydroxylation is 1. The third-order valence-corrected chi connectivity index (χ3v) is 3.34. The van der Waals surface area contributed by atoms with Gasteiger partial charge in [0.2, 0.25) is 0 Å². The van der Waals surface area contributed by atoms with E-state index in [2.05, 4.69) is 26.2 Å². The summed E-state index contributed by atoms with van der Waals surface area (Å²) in [5.41, 5.74) is 1.54. The zero-order valence-electron chi connectivity index (χ0n) is 11.6. The molecule has 21 heavy (non-hydrogen) atoms.